The minimum atomic E-state index is -3.62. The Morgan fingerprint density at radius 2 is 1.80 bits per heavy atom. The molecule has 0 saturated heterocycles. The number of rotatable bonds is 5. The first kappa shape index (κ1) is 26.7. The highest BCUT2D eigenvalue weighted by atomic mass is 32.2. The monoisotopic (exact) mass is 570 g/mol. The highest BCUT2D eigenvalue weighted by Crippen LogP contribution is 2.52. The largest absolute Gasteiger partial charge is 0.496 e. The summed E-state index contributed by atoms with van der Waals surface area (Å²) in [5.74, 6) is 1.63. The first-order valence-corrected chi connectivity index (χ1v) is 14.9. The second-order valence-electron chi connectivity index (χ2n) is 10.1. The predicted octanol–water partition coefficient (Wildman–Crippen LogP) is 4.66. The maximum atomic E-state index is 13.3. The zero-order valence-corrected chi connectivity index (χ0v) is 23.3. The fraction of sp³-hybridized carbons (Fsp3) is 0.233. The molecule has 1 fully saturated rings. The molecule has 1 aliphatic carbocycles. The second kappa shape index (κ2) is 10.8. The Morgan fingerprint density at radius 1 is 1.00 bits per heavy atom. The van der Waals surface area contributed by atoms with E-state index in [0.717, 1.165) is 35.3 Å². The first-order valence-electron chi connectivity index (χ1n) is 13.4. The van der Waals surface area contributed by atoms with Crippen molar-refractivity contribution in [3.63, 3.8) is 0 Å². The average Bonchev–Trinajstić information content (AvgIpc) is 3.80. The Labute approximate surface area is 238 Å². The second-order valence-corrected chi connectivity index (χ2v) is 11.9. The van der Waals surface area contributed by atoms with E-state index in [1.165, 1.54) is 0 Å². The summed E-state index contributed by atoms with van der Waals surface area (Å²) in [7, 11) is -2.00. The molecule has 3 aromatic carbocycles. The lowest BCUT2D eigenvalue weighted by atomic mass is 9.93. The van der Waals surface area contributed by atoms with Gasteiger partial charge in [0.1, 0.15) is 11.6 Å². The molecule has 1 amide bonds. The van der Waals surface area contributed by atoms with Crippen LogP contribution in [0.1, 0.15) is 24.8 Å². The molecular weight excluding hydrogens is 540 g/mol. The molecule has 0 unspecified atom stereocenters. The van der Waals surface area contributed by atoms with Gasteiger partial charge in [0, 0.05) is 41.8 Å². The minimum absolute atomic E-state index is 0.0482. The quantitative estimate of drug-likeness (QED) is 0.272. The highest BCUT2D eigenvalue weighted by Gasteiger charge is 2.52. The van der Waals surface area contributed by atoms with E-state index < -0.39 is 15.4 Å². The summed E-state index contributed by atoms with van der Waals surface area (Å²) in [6, 6.07) is 21.8. The third-order valence-electron chi connectivity index (χ3n) is 7.39. The molecule has 1 aliphatic heterocycles. The van der Waals surface area contributed by atoms with Gasteiger partial charge in [-0.15, -0.1) is 0 Å². The summed E-state index contributed by atoms with van der Waals surface area (Å²) in [6.45, 7) is 0.785. The Hall–Kier alpha value is -4.48. The maximum absolute atomic E-state index is 13.3. The summed E-state index contributed by atoms with van der Waals surface area (Å²) < 4.78 is 33.4. The third kappa shape index (κ3) is 5.46. The van der Waals surface area contributed by atoms with Crippen LogP contribution in [0.25, 0.3) is 11.1 Å². The van der Waals surface area contributed by atoms with Gasteiger partial charge in [-0.25, -0.2) is 18.1 Å². The van der Waals surface area contributed by atoms with Gasteiger partial charge in [0.25, 0.3) is 0 Å². The van der Waals surface area contributed by atoms with Crippen molar-refractivity contribution < 1.29 is 17.9 Å². The lowest BCUT2D eigenvalue weighted by molar-refractivity contribution is -0.118. The molecule has 4 N–H and O–H groups in total. The first-order chi connectivity index (χ1) is 19.9. The van der Waals surface area contributed by atoms with Gasteiger partial charge < -0.3 is 20.7 Å². The predicted molar refractivity (Wildman–Crippen MR) is 158 cm³/mol. The van der Waals surface area contributed by atoms with E-state index in [1.807, 2.05) is 48.5 Å². The minimum Gasteiger partial charge on any atom is -0.496 e. The molecule has 11 heteroatoms. The standard InChI is InChI=1S/C30H30N6O4S/c1-40-26-9-3-2-8-25(26)30(14-15-30)28(37)34-21-12-10-20(11-13-21)24-19-32-29-35-22-6-4-7-23(18-22)41(38,39)33-17-5-16-31-27(24)36-29/h2-4,6-13,18-19,33H,5,14-17H2,1H3,(H,34,37)(H2,31,32,35,36). The summed E-state index contributed by atoms with van der Waals surface area (Å²) in [5.41, 5.74) is 3.24. The van der Waals surface area contributed by atoms with Crippen LogP contribution in [0, 0.1) is 0 Å². The number of ether oxygens (including phenoxy) is 1. The summed E-state index contributed by atoms with van der Waals surface area (Å²) in [5, 5.41) is 9.50. The number of benzene rings is 3. The maximum Gasteiger partial charge on any atom is 0.240 e. The number of sulfonamides is 1. The number of hydrogen-bond donors (Lipinski definition) is 4. The van der Waals surface area contributed by atoms with Crippen molar-refractivity contribution in [2.45, 2.75) is 29.6 Å². The van der Waals surface area contributed by atoms with Gasteiger partial charge in [0.05, 0.1) is 17.4 Å². The number of hydrogen-bond acceptors (Lipinski definition) is 8. The topological polar surface area (TPSA) is 134 Å². The Balaban J connectivity index is 1.23. The molecule has 2 heterocycles. The summed E-state index contributed by atoms with van der Waals surface area (Å²) >= 11 is 0. The van der Waals surface area contributed by atoms with Crippen molar-refractivity contribution in [2.24, 2.45) is 0 Å². The van der Waals surface area contributed by atoms with Crippen LogP contribution in [0.3, 0.4) is 0 Å². The van der Waals surface area contributed by atoms with Gasteiger partial charge in [-0.05, 0) is 61.2 Å². The van der Waals surface area contributed by atoms with E-state index in [4.69, 9.17) is 4.74 Å². The number of nitrogens with zero attached hydrogens (tertiary/aromatic N) is 2. The molecule has 0 atom stereocenters. The Bertz CT molecular complexity index is 1700. The van der Waals surface area contributed by atoms with Crippen LogP contribution in [0.2, 0.25) is 0 Å². The van der Waals surface area contributed by atoms with E-state index in [1.54, 1.807) is 37.6 Å². The van der Waals surface area contributed by atoms with Crippen LogP contribution < -0.4 is 25.4 Å². The van der Waals surface area contributed by atoms with E-state index in [0.29, 0.717) is 36.1 Å². The number of carbonyl (C=O) groups excluding carboxylic acids is 1. The normalized spacial score (nSPS) is 16.9. The Morgan fingerprint density at radius 3 is 2.59 bits per heavy atom. The smallest absolute Gasteiger partial charge is 0.240 e. The fourth-order valence-electron chi connectivity index (χ4n) is 5.01. The van der Waals surface area contributed by atoms with Gasteiger partial charge in [-0.3, -0.25) is 4.79 Å². The van der Waals surface area contributed by atoms with Crippen LogP contribution >= 0.6 is 0 Å². The van der Waals surface area contributed by atoms with Crippen molar-refractivity contribution in [1.82, 2.24) is 14.7 Å². The van der Waals surface area contributed by atoms with Crippen molar-refractivity contribution in [3.8, 4) is 16.9 Å². The van der Waals surface area contributed by atoms with E-state index in [2.05, 4.69) is 30.6 Å². The Kier molecular flexibility index (Phi) is 7.06. The van der Waals surface area contributed by atoms with E-state index >= 15 is 0 Å². The molecule has 0 spiro atoms. The van der Waals surface area contributed by atoms with Crippen molar-refractivity contribution in [3.05, 3.63) is 84.6 Å². The van der Waals surface area contributed by atoms with Gasteiger partial charge in [-0.1, -0.05) is 36.4 Å². The molecule has 6 rings (SSSR count). The summed E-state index contributed by atoms with van der Waals surface area (Å²) in [6.07, 6.45) is 3.83. The highest BCUT2D eigenvalue weighted by molar-refractivity contribution is 7.89. The van der Waals surface area contributed by atoms with Crippen molar-refractivity contribution in [1.29, 1.82) is 0 Å². The molecule has 1 saturated carbocycles. The molecule has 1 aromatic heterocycles. The third-order valence-corrected chi connectivity index (χ3v) is 8.85. The molecule has 210 valence electrons. The molecule has 4 bridgehead atoms. The van der Waals surface area contributed by atoms with Crippen LogP contribution in [0.15, 0.2) is 83.9 Å². The number of amides is 1. The van der Waals surface area contributed by atoms with E-state index in [-0.39, 0.29) is 17.3 Å². The molecule has 4 aromatic rings. The summed E-state index contributed by atoms with van der Waals surface area (Å²) in [4.78, 5) is 22.7. The zero-order chi connectivity index (χ0) is 28.5. The van der Waals surface area contributed by atoms with Gasteiger partial charge in [-0.2, -0.15) is 4.98 Å². The number of aromatic nitrogens is 2. The molecule has 10 nitrogen and oxygen atoms in total. The number of carbonyl (C=O) groups is 1. The number of methoxy groups -OCH3 is 1. The van der Waals surface area contributed by atoms with Gasteiger partial charge in [0.15, 0.2) is 0 Å². The molecule has 41 heavy (non-hydrogen) atoms. The average molecular weight is 571 g/mol. The number of para-hydroxylation sites is 1. The van der Waals surface area contributed by atoms with Crippen LogP contribution in [-0.2, 0) is 20.2 Å². The fourth-order valence-corrected chi connectivity index (χ4v) is 6.13. The lowest BCUT2D eigenvalue weighted by Crippen LogP contribution is -2.28. The number of fused-ring (bicyclic) bond motifs is 4. The molecule has 0 radical (unpaired) electrons. The van der Waals surface area contributed by atoms with Crippen molar-refractivity contribution in [2.75, 3.05) is 36.1 Å². The SMILES string of the molecule is COc1ccccc1C1(C(=O)Nc2ccc(-c3cnc4nc3NCCCNS(=O)(=O)c3cccc(c3)N4)cc2)CC1. The van der Waals surface area contributed by atoms with Gasteiger partial charge >= 0.3 is 0 Å². The number of anilines is 4. The molecule has 2 aliphatic rings. The van der Waals surface area contributed by atoms with Gasteiger partial charge in [0.2, 0.25) is 21.9 Å². The van der Waals surface area contributed by atoms with Crippen molar-refractivity contribution >= 4 is 39.1 Å². The van der Waals surface area contributed by atoms with E-state index in [9.17, 15) is 13.2 Å². The van der Waals surface area contributed by atoms with Crippen LogP contribution in [-0.4, -0.2) is 44.5 Å². The number of nitrogens with one attached hydrogen (secondary N) is 4. The zero-order valence-electron chi connectivity index (χ0n) is 22.5. The van der Waals surface area contributed by atoms with Crippen LogP contribution in [0.4, 0.5) is 23.1 Å². The van der Waals surface area contributed by atoms with Crippen LogP contribution in [0.5, 0.6) is 5.75 Å². The lowest BCUT2D eigenvalue weighted by Gasteiger charge is -2.19. The molecular formula is C30H30N6O4S.